The largest absolute Gasteiger partial charge is 0.310 e. The fourth-order valence-electron chi connectivity index (χ4n) is 1.40. The lowest BCUT2D eigenvalue weighted by atomic mass is 9.87. The lowest BCUT2D eigenvalue weighted by Gasteiger charge is -2.13. The van der Waals surface area contributed by atoms with E-state index >= 15 is 0 Å². The average Bonchev–Trinajstić information content (AvgIpc) is 2.56. The molecule has 1 N–H and O–H groups in total. The Morgan fingerprint density at radius 1 is 1.19 bits per heavy atom. The molecule has 0 radical (unpaired) electrons. The van der Waals surface area contributed by atoms with Gasteiger partial charge in [0.05, 0.1) is 5.41 Å². The molecule has 3 nitrogen and oxygen atoms in total. The van der Waals surface area contributed by atoms with Gasteiger partial charge in [0, 0.05) is 11.8 Å². The van der Waals surface area contributed by atoms with Gasteiger partial charge in [-0.3, -0.25) is 4.79 Å². The zero-order valence-corrected chi connectivity index (χ0v) is 11.1. The fourth-order valence-corrected chi connectivity index (χ4v) is 1.40. The summed E-state index contributed by atoms with van der Waals surface area (Å²) in [6.07, 6.45) is 1.68. The summed E-state index contributed by atoms with van der Waals surface area (Å²) in [6.45, 7) is 11.8. The number of pyridine rings is 1. The van der Waals surface area contributed by atoms with Crippen molar-refractivity contribution in [1.82, 2.24) is 4.98 Å². The second-order valence-corrected chi connectivity index (χ2v) is 3.48. The van der Waals surface area contributed by atoms with Crippen LogP contribution in [0.4, 0.5) is 5.82 Å². The van der Waals surface area contributed by atoms with Crippen LogP contribution < -0.4 is 5.32 Å². The third-order valence-electron chi connectivity index (χ3n) is 2.28. The van der Waals surface area contributed by atoms with Crippen LogP contribution in [0.1, 0.15) is 47.1 Å². The van der Waals surface area contributed by atoms with Gasteiger partial charge in [0.25, 0.3) is 0 Å². The first-order valence-corrected chi connectivity index (χ1v) is 5.89. The van der Waals surface area contributed by atoms with E-state index in [4.69, 9.17) is 0 Å². The van der Waals surface area contributed by atoms with Crippen LogP contribution in [0.3, 0.4) is 0 Å². The Labute approximate surface area is 98.3 Å². The molecule has 0 aromatic carbocycles. The Bertz CT molecular complexity index is 346. The molecule has 16 heavy (non-hydrogen) atoms. The van der Waals surface area contributed by atoms with E-state index in [1.54, 1.807) is 6.20 Å². The summed E-state index contributed by atoms with van der Waals surface area (Å²) in [4.78, 5) is 15.5. The number of nitrogens with one attached hydrogen (secondary N) is 1. The second-order valence-electron chi connectivity index (χ2n) is 3.48. The van der Waals surface area contributed by atoms with Crippen molar-refractivity contribution in [1.29, 1.82) is 0 Å². The number of carbonyl (C=O) groups excluding carboxylic acids is 1. The van der Waals surface area contributed by atoms with Crippen molar-refractivity contribution in [3.05, 3.63) is 23.9 Å². The molecule has 0 unspecified atom stereocenters. The minimum absolute atomic E-state index is 0.0243. The third kappa shape index (κ3) is 2.60. The molecule has 0 aliphatic carbocycles. The maximum atomic E-state index is 11.4. The lowest BCUT2D eigenvalue weighted by molar-refractivity contribution is -0.119. The first-order chi connectivity index (χ1) is 7.62. The van der Waals surface area contributed by atoms with E-state index in [2.05, 4.69) is 10.3 Å². The van der Waals surface area contributed by atoms with Crippen LogP contribution in [-0.4, -0.2) is 10.9 Å². The highest BCUT2D eigenvalue weighted by Crippen LogP contribution is 2.34. The van der Waals surface area contributed by atoms with Gasteiger partial charge in [0.2, 0.25) is 5.91 Å². The Balaban J connectivity index is 0.000000509. The number of hydrogen-bond donors (Lipinski definition) is 1. The normalized spacial score (nSPS) is 14.8. The standard InChI is InChI=1S/C9H10N2O.2C2H6/c1-9(2)6-4-3-5-10-7(6)11-8(9)12;2*1-2/h3-5H,1-2H3,(H,10,11,12);2*1-2H3. The van der Waals surface area contributed by atoms with Gasteiger partial charge in [-0.2, -0.15) is 0 Å². The molecule has 1 aliphatic rings. The summed E-state index contributed by atoms with van der Waals surface area (Å²) in [6, 6.07) is 3.78. The minimum atomic E-state index is -0.427. The summed E-state index contributed by atoms with van der Waals surface area (Å²) in [5, 5.41) is 2.74. The van der Waals surface area contributed by atoms with Gasteiger partial charge in [0.15, 0.2) is 0 Å². The number of carbonyl (C=O) groups is 1. The van der Waals surface area contributed by atoms with E-state index < -0.39 is 5.41 Å². The lowest BCUT2D eigenvalue weighted by Crippen LogP contribution is -2.26. The molecule has 0 spiro atoms. The highest BCUT2D eigenvalue weighted by molar-refractivity contribution is 6.04. The van der Waals surface area contributed by atoms with E-state index in [1.807, 2.05) is 53.7 Å². The third-order valence-corrected chi connectivity index (χ3v) is 2.28. The summed E-state index contributed by atoms with van der Waals surface area (Å²) in [7, 11) is 0. The zero-order valence-electron chi connectivity index (χ0n) is 11.1. The Kier molecular flexibility index (Phi) is 5.72. The van der Waals surface area contributed by atoms with Gasteiger partial charge >= 0.3 is 0 Å². The first-order valence-electron chi connectivity index (χ1n) is 5.89. The number of amides is 1. The van der Waals surface area contributed by atoms with Gasteiger partial charge in [0.1, 0.15) is 5.82 Å². The molecule has 0 fully saturated rings. The molecule has 1 aromatic heterocycles. The van der Waals surface area contributed by atoms with E-state index in [-0.39, 0.29) is 5.91 Å². The molecule has 0 bridgehead atoms. The Morgan fingerprint density at radius 2 is 1.75 bits per heavy atom. The summed E-state index contributed by atoms with van der Waals surface area (Å²) < 4.78 is 0. The molecule has 0 saturated heterocycles. The van der Waals surface area contributed by atoms with Crippen molar-refractivity contribution in [3.8, 4) is 0 Å². The van der Waals surface area contributed by atoms with Crippen molar-refractivity contribution in [3.63, 3.8) is 0 Å². The summed E-state index contributed by atoms with van der Waals surface area (Å²) in [5.41, 5.74) is 0.554. The van der Waals surface area contributed by atoms with Crippen molar-refractivity contribution >= 4 is 11.7 Å². The van der Waals surface area contributed by atoms with Crippen LogP contribution in [0, 0.1) is 0 Å². The van der Waals surface area contributed by atoms with Crippen molar-refractivity contribution in [2.75, 3.05) is 5.32 Å². The van der Waals surface area contributed by atoms with Crippen LogP contribution in [0.25, 0.3) is 0 Å². The number of fused-ring (bicyclic) bond motifs is 1. The van der Waals surface area contributed by atoms with Crippen LogP contribution >= 0.6 is 0 Å². The highest BCUT2D eigenvalue weighted by atomic mass is 16.2. The Morgan fingerprint density at radius 3 is 2.25 bits per heavy atom. The van der Waals surface area contributed by atoms with Gasteiger partial charge in [-0.15, -0.1) is 0 Å². The SMILES string of the molecule is CC.CC.CC1(C)C(=O)Nc2ncccc21. The highest BCUT2D eigenvalue weighted by Gasteiger charge is 2.38. The summed E-state index contributed by atoms with van der Waals surface area (Å²) in [5.74, 6) is 0.726. The van der Waals surface area contributed by atoms with Gasteiger partial charge in [-0.05, 0) is 19.9 Å². The number of anilines is 1. The average molecular weight is 222 g/mol. The van der Waals surface area contributed by atoms with Crippen LogP contribution in [0.15, 0.2) is 18.3 Å². The van der Waals surface area contributed by atoms with Crippen LogP contribution in [0.2, 0.25) is 0 Å². The number of rotatable bonds is 0. The van der Waals surface area contributed by atoms with Crippen LogP contribution in [0.5, 0.6) is 0 Å². The molecule has 1 aliphatic heterocycles. The second kappa shape index (κ2) is 6.26. The quantitative estimate of drug-likeness (QED) is 0.731. The van der Waals surface area contributed by atoms with Crippen molar-refractivity contribution in [2.24, 2.45) is 0 Å². The fraction of sp³-hybridized carbons (Fsp3) is 0.538. The molecule has 0 saturated carbocycles. The predicted octanol–water partition coefficient (Wildman–Crippen LogP) is 3.36. The van der Waals surface area contributed by atoms with E-state index in [0.29, 0.717) is 5.82 Å². The van der Waals surface area contributed by atoms with Crippen LogP contribution in [-0.2, 0) is 10.2 Å². The van der Waals surface area contributed by atoms with E-state index in [9.17, 15) is 4.79 Å². The molecular weight excluding hydrogens is 200 g/mol. The molecule has 1 aromatic rings. The molecule has 2 heterocycles. The number of aromatic nitrogens is 1. The number of hydrogen-bond acceptors (Lipinski definition) is 2. The predicted molar refractivity (Wildman–Crippen MR) is 68.6 cm³/mol. The number of nitrogens with zero attached hydrogens (tertiary/aromatic N) is 1. The first kappa shape index (κ1) is 14.6. The monoisotopic (exact) mass is 222 g/mol. The van der Waals surface area contributed by atoms with Gasteiger partial charge in [-0.25, -0.2) is 4.98 Å². The molecule has 90 valence electrons. The zero-order chi connectivity index (χ0) is 12.8. The summed E-state index contributed by atoms with van der Waals surface area (Å²) >= 11 is 0. The Hall–Kier alpha value is -1.38. The van der Waals surface area contributed by atoms with Crippen molar-refractivity contribution < 1.29 is 4.79 Å². The molecular formula is C13H22N2O. The molecule has 1 amide bonds. The van der Waals surface area contributed by atoms with E-state index in [1.165, 1.54) is 0 Å². The maximum absolute atomic E-state index is 11.4. The topological polar surface area (TPSA) is 42.0 Å². The molecule has 2 rings (SSSR count). The van der Waals surface area contributed by atoms with E-state index in [0.717, 1.165) is 5.56 Å². The minimum Gasteiger partial charge on any atom is -0.310 e. The maximum Gasteiger partial charge on any atom is 0.235 e. The molecule has 0 atom stereocenters. The van der Waals surface area contributed by atoms with Crippen molar-refractivity contribution in [2.45, 2.75) is 47.0 Å². The van der Waals surface area contributed by atoms with Gasteiger partial charge in [-0.1, -0.05) is 33.8 Å². The van der Waals surface area contributed by atoms with Gasteiger partial charge < -0.3 is 5.32 Å². The smallest absolute Gasteiger partial charge is 0.235 e. The molecule has 3 heteroatoms.